The monoisotopic (exact) mass is 397 g/mol. The van der Waals surface area contributed by atoms with Crippen LogP contribution in [0, 0.1) is 6.92 Å². The van der Waals surface area contributed by atoms with Crippen molar-refractivity contribution in [1.82, 2.24) is 4.98 Å². The van der Waals surface area contributed by atoms with Gasteiger partial charge < -0.3 is 26.5 Å². The lowest BCUT2D eigenvalue weighted by Gasteiger charge is -2.13. The fourth-order valence-electron chi connectivity index (χ4n) is 2.44. The highest BCUT2D eigenvalue weighted by Crippen LogP contribution is 2.21. The van der Waals surface area contributed by atoms with E-state index in [1.54, 1.807) is 19.1 Å². The van der Waals surface area contributed by atoms with Gasteiger partial charge in [0.25, 0.3) is 6.01 Å². The predicted molar refractivity (Wildman–Crippen MR) is 106 cm³/mol. The summed E-state index contributed by atoms with van der Waals surface area (Å²) in [5, 5.41) is 5.95. The number of rotatable bonds is 7. The maximum absolute atomic E-state index is 12.2. The fraction of sp³-hybridized carbons (Fsp3) is 0.412. The number of hydrogen-bond acceptors (Lipinski definition) is 7. The second-order valence-corrected chi connectivity index (χ2v) is 6.39. The average molecular weight is 398 g/mol. The third-order valence-corrected chi connectivity index (χ3v) is 3.65. The molecule has 1 aromatic carbocycles. The smallest absolute Gasteiger partial charge is 0.348 e. The van der Waals surface area contributed by atoms with Crippen molar-refractivity contribution >= 4 is 46.8 Å². The van der Waals surface area contributed by atoms with Crippen molar-refractivity contribution in [3.63, 3.8) is 0 Å². The molecule has 1 heterocycles. The lowest BCUT2D eigenvalue weighted by molar-refractivity contribution is -0.119. The van der Waals surface area contributed by atoms with Gasteiger partial charge in [-0.3, -0.25) is 9.59 Å². The molecule has 10 heteroatoms. The average Bonchev–Trinajstić information content (AvgIpc) is 2.50. The first-order valence-corrected chi connectivity index (χ1v) is 8.24. The van der Waals surface area contributed by atoms with E-state index in [0.717, 1.165) is 0 Å². The Bertz CT molecular complexity index is 897. The van der Waals surface area contributed by atoms with Crippen molar-refractivity contribution in [2.75, 3.05) is 10.6 Å². The summed E-state index contributed by atoms with van der Waals surface area (Å²) in [6.07, 6.45) is 0.177. The van der Waals surface area contributed by atoms with Crippen molar-refractivity contribution in [1.29, 1.82) is 0 Å². The van der Waals surface area contributed by atoms with Crippen LogP contribution in [0.2, 0.25) is 0 Å². The summed E-state index contributed by atoms with van der Waals surface area (Å²) in [4.78, 5) is 39.4. The van der Waals surface area contributed by atoms with Crippen LogP contribution in [0.4, 0.5) is 11.7 Å². The largest absolute Gasteiger partial charge is 0.389 e. The number of nitrogens with two attached hydrogens (primary N) is 2. The molecule has 0 radical (unpaired) electrons. The Morgan fingerprint density at radius 3 is 2.56 bits per heavy atom. The number of benzene rings is 1. The molecule has 2 amide bonds. The zero-order valence-electron chi connectivity index (χ0n) is 15.4. The van der Waals surface area contributed by atoms with Gasteiger partial charge in [-0.2, -0.15) is 4.98 Å². The lowest BCUT2D eigenvalue weighted by Crippen LogP contribution is -2.36. The summed E-state index contributed by atoms with van der Waals surface area (Å²) >= 11 is 0. The number of fused-ring (bicyclic) bond motifs is 1. The van der Waals surface area contributed by atoms with Crippen LogP contribution in [0.15, 0.2) is 21.3 Å². The van der Waals surface area contributed by atoms with Crippen LogP contribution in [0.3, 0.4) is 0 Å². The number of carbonyl (C=O) groups is 2. The van der Waals surface area contributed by atoms with Gasteiger partial charge in [-0.15, -0.1) is 12.4 Å². The van der Waals surface area contributed by atoms with Crippen molar-refractivity contribution in [3.8, 4) is 0 Å². The Hall–Kier alpha value is -2.65. The molecule has 2 aromatic rings. The van der Waals surface area contributed by atoms with E-state index in [0.29, 0.717) is 22.2 Å². The Labute approximate surface area is 162 Å². The second kappa shape index (κ2) is 9.33. The van der Waals surface area contributed by atoms with Crippen molar-refractivity contribution in [2.24, 2.45) is 11.5 Å². The van der Waals surface area contributed by atoms with E-state index in [-0.39, 0.29) is 37.3 Å². The van der Waals surface area contributed by atoms with E-state index in [2.05, 4.69) is 15.6 Å². The summed E-state index contributed by atoms with van der Waals surface area (Å²) in [7, 11) is 0. The molecule has 0 aliphatic carbocycles. The van der Waals surface area contributed by atoms with Crippen LogP contribution in [0.5, 0.6) is 0 Å². The minimum atomic E-state index is -0.870. The molecule has 27 heavy (non-hydrogen) atoms. The second-order valence-electron chi connectivity index (χ2n) is 6.39. The standard InChI is InChI=1S/C17H23N5O4.ClH/c1-8(2)20-17-22-12-7-10(6-9(3)14(12)16(25)26-17)21-15(24)11(18)4-5-13(19)23;/h6-8,11H,4-5,18H2,1-3H3,(H2,19,23)(H,20,22)(H,21,24);1H/t11-;/m0./s1. The quantitative estimate of drug-likeness (QED) is 0.548. The first-order chi connectivity index (χ1) is 12.2. The molecular formula is C17H24ClN5O4. The normalized spacial score (nSPS) is 11.7. The zero-order valence-corrected chi connectivity index (χ0v) is 16.2. The van der Waals surface area contributed by atoms with Gasteiger partial charge in [0.05, 0.1) is 16.9 Å². The van der Waals surface area contributed by atoms with Gasteiger partial charge in [-0.1, -0.05) is 0 Å². The minimum Gasteiger partial charge on any atom is -0.389 e. The van der Waals surface area contributed by atoms with Gasteiger partial charge in [0, 0.05) is 18.2 Å². The zero-order chi connectivity index (χ0) is 19.4. The van der Waals surface area contributed by atoms with Gasteiger partial charge >= 0.3 is 5.63 Å². The van der Waals surface area contributed by atoms with Gasteiger partial charge in [0.2, 0.25) is 11.8 Å². The number of carbonyl (C=O) groups excluding carboxylic acids is 2. The Morgan fingerprint density at radius 1 is 1.30 bits per heavy atom. The number of nitrogens with zero attached hydrogens (tertiary/aromatic N) is 1. The van der Waals surface area contributed by atoms with Crippen LogP contribution >= 0.6 is 12.4 Å². The number of halogens is 1. The van der Waals surface area contributed by atoms with E-state index in [1.807, 2.05) is 13.8 Å². The highest BCUT2D eigenvalue weighted by molar-refractivity contribution is 5.97. The molecule has 0 unspecified atom stereocenters. The Balaban J connectivity index is 0.00000364. The highest BCUT2D eigenvalue weighted by atomic mass is 35.5. The van der Waals surface area contributed by atoms with Crippen LogP contribution in [0.1, 0.15) is 32.3 Å². The molecule has 0 bridgehead atoms. The van der Waals surface area contributed by atoms with E-state index >= 15 is 0 Å². The number of nitrogens with one attached hydrogen (secondary N) is 2. The van der Waals surface area contributed by atoms with Gasteiger partial charge in [0.15, 0.2) is 0 Å². The van der Waals surface area contributed by atoms with Crippen molar-refractivity contribution in [3.05, 3.63) is 28.1 Å². The topological polar surface area (TPSA) is 153 Å². The molecule has 0 fully saturated rings. The minimum absolute atomic E-state index is 0. The van der Waals surface area contributed by atoms with E-state index in [1.165, 1.54) is 0 Å². The molecule has 0 saturated heterocycles. The third-order valence-electron chi connectivity index (χ3n) is 3.65. The summed E-state index contributed by atoms with van der Waals surface area (Å²) < 4.78 is 5.17. The molecule has 1 atom stereocenters. The maximum atomic E-state index is 12.2. The Kier molecular flexibility index (Phi) is 7.74. The van der Waals surface area contributed by atoms with Gasteiger partial charge in [-0.25, -0.2) is 4.79 Å². The molecule has 6 N–H and O–H groups in total. The molecule has 0 aliphatic heterocycles. The van der Waals surface area contributed by atoms with Crippen LogP contribution in [0.25, 0.3) is 10.9 Å². The Morgan fingerprint density at radius 2 is 1.96 bits per heavy atom. The van der Waals surface area contributed by atoms with E-state index in [9.17, 15) is 14.4 Å². The number of anilines is 2. The van der Waals surface area contributed by atoms with E-state index in [4.69, 9.17) is 15.9 Å². The summed E-state index contributed by atoms with van der Waals surface area (Å²) in [6, 6.07) is 2.48. The first-order valence-electron chi connectivity index (χ1n) is 8.24. The summed E-state index contributed by atoms with van der Waals surface area (Å²) in [5.41, 5.74) is 11.8. The van der Waals surface area contributed by atoms with Crippen molar-refractivity contribution in [2.45, 2.75) is 45.7 Å². The molecule has 9 nitrogen and oxygen atoms in total. The number of aromatic nitrogens is 1. The highest BCUT2D eigenvalue weighted by Gasteiger charge is 2.16. The maximum Gasteiger partial charge on any atom is 0.348 e. The molecule has 0 spiro atoms. The molecule has 0 aliphatic rings. The SMILES string of the molecule is Cc1cc(NC(=O)[C@@H](N)CCC(N)=O)cc2nc(NC(C)C)oc(=O)c12.Cl. The number of hydrogen-bond donors (Lipinski definition) is 4. The van der Waals surface area contributed by atoms with Gasteiger partial charge in [-0.05, 0) is 44.9 Å². The van der Waals surface area contributed by atoms with Crippen LogP contribution < -0.4 is 27.7 Å². The fourth-order valence-corrected chi connectivity index (χ4v) is 2.44. The molecule has 2 rings (SSSR count). The lowest BCUT2D eigenvalue weighted by atomic mass is 10.1. The van der Waals surface area contributed by atoms with Crippen molar-refractivity contribution < 1.29 is 14.0 Å². The summed E-state index contributed by atoms with van der Waals surface area (Å²) in [5.74, 6) is -0.968. The van der Waals surface area contributed by atoms with Gasteiger partial charge in [0.1, 0.15) is 0 Å². The summed E-state index contributed by atoms with van der Waals surface area (Å²) in [6.45, 7) is 5.50. The third kappa shape index (κ3) is 5.93. The number of aryl methyl sites for hydroxylation is 1. The number of amides is 2. The molecule has 1 aromatic heterocycles. The molecular weight excluding hydrogens is 374 g/mol. The molecule has 148 valence electrons. The van der Waals surface area contributed by atoms with Crippen LogP contribution in [-0.2, 0) is 9.59 Å². The predicted octanol–water partition coefficient (Wildman–Crippen LogP) is 1.27. The van der Waals surface area contributed by atoms with E-state index < -0.39 is 23.5 Å². The van der Waals surface area contributed by atoms with Crippen LogP contribution in [-0.4, -0.2) is 28.9 Å². The first kappa shape index (κ1) is 22.4. The number of primary amides is 1. The molecule has 0 saturated carbocycles.